The number of nitrogens with zero attached hydrogens (tertiary/aromatic N) is 2. The van der Waals surface area contributed by atoms with Crippen LogP contribution in [0.2, 0.25) is 0 Å². The van der Waals surface area contributed by atoms with Crippen LogP contribution in [0, 0.1) is 6.92 Å². The first-order chi connectivity index (χ1) is 8.47. The quantitative estimate of drug-likeness (QED) is 0.901. The van der Waals surface area contributed by atoms with E-state index in [9.17, 15) is 8.42 Å². The highest BCUT2D eigenvalue weighted by Gasteiger charge is 2.12. The van der Waals surface area contributed by atoms with Crippen LogP contribution >= 0.6 is 0 Å². The van der Waals surface area contributed by atoms with Gasteiger partial charge in [-0.15, -0.1) is 0 Å². The molecule has 0 aliphatic carbocycles. The SMILES string of the molecule is Cc1noc(CNc2ccccc2S(C)(=O)=O)n1. The first-order valence-electron chi connectivity index (χ1n) is 5.29. The second-order valence-corrected chi connectivity index (χ2v) is 5.84. The Bertz CT molecular complexity index is 649. The highest BCUT2D eigenvalue weighted by atomic mass is 32.2. The summed E-state index contributed by atoms with van der Waals surface area (Å²) in [4.78, 5) is 4.28. The monoisotopic (exact) mass is 267 g/mol. The lowest BCUT2D eigenvalue weighted by molar-refractivity contribution is 0.379. The highest BCUT2D eigenvalue weighted by molar-refractivity contribution is 7.90. The van der Waals surface area contributed by atoms with Crippen LogP contribution in [0.4, 0.5) is 5.69 Å². The van der Waals surface area contributed by atoms with Crippen LogP contribution in [0.3, 0.4) is 0 Å². The van der Waals surface area contributed by atoms with Crippen LogP contribution in [0.1, 0.15) is 11.7 Å². The summed E-state index contributed by atoms with van der Waals surface area (Å²) in [7, 11) is -3.26. The van der Waals surface area contributed by atoms with E-state index in [1.807, 2.05) is 0 Å². The number of sulfone groups is 1. The molecule has 1 heterocycles. The van der Waals surface area contributed by atoms with Gasteiger partial charge in [-0.25, -0.2) is 8.42 Å². The third-order valence-corrected chi connectivity index (χ3v) is 3.44. The van der Waals surface area contributed by atoms with Gasteiger partial charge in [0.25, 0.3) is 0 Å². The molecule has 7 heteroatoms. The van der Waals surface area contributed by atoms with Gasteiger partial charge in [-0.1, -0.05) is 17.3 Å². The zero-order valence-electron chi connectivity index (χ0n) is 10.0. The molecule has 0 fully saturated rings. The molecule has 0 amide bonds. The van der Waals surface area contributed by atoms with Crippen molar-refractivity contribution in [2.45, 2.75) is 18.4 Å². The molecule has 6 nitrogen and oxygen atoms in total. The van der Waals surface area contributed by atoms with E-state index in [2.05, 4.69) is 15.5 Å². The van der Waals surface area contributed by atoms with Crippen molar-refractivity contribution in [3.05, 3.63) is 36.0 Å². The molecule has 2 rings (SSSR count). The number of anilines is 1. The summed E-state index contributed by atoms with van der Waals surface area (Å²) in [5.74, 6) is 0.957. The predicted octanol–water partition coefficient (Wildman–Crippen LogP) is 1.39. The summed E-state index contributed by atoms with van der Waals surface area (Å²) in [5, 5.41) is 6.63. The van der Waals surface area contributed by atoms with Crippen molar-refractivity contribution in [2.24, 2.45) is 0 Å². The van der Waals surface area contributed by atoms with Crippen LogP contribution in [-0.2, 0) is 16.4 Å². The Labute approximate surface area is 105 Å². The average molecular weight is 267 g/mol. The van der Waals surface area contributed by atoms with Gasteiger partial charge < -0.3 is 9.84 Å². The maximum Gasteiger partial charge on any atom is 0.245 e. The standard InChI is InChI=1S/C11H13N3O3S/c1-8-13-11(17-14-8)7-12-9-5-3-4-6-10(9)18(2,15)16/h3-6,12H,7H2,1-2H3. The Kier molecular flexibility index (Phi) is 3.33. The zero-order chi connectivity index (χ0) is 13.2. The molecule has 0 unspecified atom stereocenters. The van der Waals surface area contributed by atoms with Crippen LogP contribution in [0.25, 0.3) is 0 Å². The van der Waals surface area contributed by atoms with Crippen molar-refractivity contribution in [2.75, 3.05) is 11.6 Å². The molecule has 0 atom stereocenters. The summed E-state index contributed by atoms with van der Waals surface area (Å²) >= 11 is 0. The largest absolute Gasteiger partial charge is 0.375 e. The number of hydrogen-bond acceptors (Lipinski definition) is 6. The van der Waals surface area contributed by atoms with Gasteiger partial charge in [0, 0.05) is 6.26 Å². The molecule has 0 aliphatic rings. The topological polar surface area (TPSA) is 85.1 Å². The third-order valence-electron chi connectivity index (χ3n) is 2.29. The van der Waals surface area contributed by atoms with Crippen molar-refractivity contribution in [3.8, 4) is 0 Å². The van der Waals surface area contributed by atoms with E-state index in [0.29, 0.717) is 17.4 Å². The van der Waals surface area contributed by atoms with Crippen molar-refractivity contribution in [1.29, 1.82) is 0 Å². The molecule has 0 spiro atoms. The van der Waals surface area contributed by atoms with E-state index in [4.69, 9.17) is 4.52 Å². The van der Waals surface area contributed by atoms with Crippen molar-refractivity contribution < 1.29 is 12.9 Å². The third kappa shape index (κ3) is 2.86. The van der Waals surface area contributed by atoms with Gasteiger partial charge in [-0.05, 0) is 19.1 Å². The summed E-state index contributed by atoms with van der Waals surface area (Å²) < 4.78 is 28.1. The Balaban J connectivity index is 2.20. The fourth-order valence-corrected chi connectivity index (χ4v) is 2.38. The Morgan fingerprint density at radius 1 is 1.33 bits per heavy atom. The number of hydrogen-bond donors (Lipinski definition) is 1. The summed E-state index contributed by atoms with van der Waals surface area (Å²) in [6, 6.07) is 6.69. The van der Waals surface area contributed by atoms with Gasteiger partial charge in [0.05, 0.1) is 17.1 Å². The molecule has 0 saturated carbocycles. The Morgan fingerprint density at radius 3 is 2.67 bits per heavy atom. The number of benzene rings is 1. The maximum absolute atomic E-state index is 11.6. The van der Waals surface area contributed by atoms with Gasteiger partial charge in [0.1, 0.15) is 0 Å². The molecule has 0 saturated heterocycles. The van der Waals surface area contributed by atoms with Gasteiger partial charge in [0.15, 0.2) is 15.7 Å². The summed E-state index contributed by atoms with van der Waals surface area (Å²) in [6.07, 6.45) is 1.17. The maximum atomic E-state index is 11.6. The van der Waals surface area contributed by atoms with E-state index < -0.39 is 9.84 Å². The molecule has 1 N–H and O–H groups in total. The second-order valence-electron chi connectivity index (χ2n) is 3.86. The van der Waals surface area contributed by atoms with Crippen LogP contribution in [0.15, 0.2) is 33.7 Å². The van der Waals surface area contributed by atoms with Crippen LogP contribution in [-0.4, -0.2) is 24.8 Å². The summed E-state index contributed by atoms with van der Waals surface area (Å²) in [5.41, 5.74) is 0.524. The van der Waals surface area contributed by atoms with E-state index in [0.717, 1.165) is 0 Å². The summed E-state index contributed by atoms with van der Waals surface area (Å²) in [6.45, 7) is 2.00. The van der Waals surface area contributed by atoms with Crippen molar-refractivity contribution in [3.63, 3.8) is 0 Å². The Hall–Kier alpha value is -1.89. The van der Waals surface area contributed by atoms with Gasteiger partial charge >= 0.3 is 0 Å². The number of aryl methyl sites for hydroxylation is 1. The van der Waals surface area contributed by atoms with E-state index in [-0.39, 0.29) is 11.4 Å². The predicted molar refractivity (Wildman–Crippen MR) is 65.9 cm³/mol. The smallest absolute Gasteiger partial charge is 0.245 e. The fraction of sp³-hybridized carbons (Fsp3) is 0.273. The lowest BCUT2D eigenvalue weighted by Gasteiger charge is -2.08. The molecule has 96 valence electrons. The van der Waals surface area contributed by atoms with Gasteiger partial charge in [-0.3, -0.25) is 0 Å². The zero-order valence-corrected chi connectivity index (χ0v) is 10.9. The number of aromatic nitrogens is 2. The Morgan fingerprint density at radius 2 is 2.06 bits per heavy atom. The molecule has 1 aromatic carbocycles. The molecule has 0 bridgehead atoms. The minimum absolute atomic E-state index is 0.251. The molecular weight excluding hydrogens is 254 g/mol. The van der Waals surface area contributed by atoms with Crippen molar-refractivity contribution >= 4 is 15.5 Å². The minimum atomic E-state index is -3.26. The average Bonchev–Trinajstić information content (AvgIpc) is 2.72. The van der Waals surface area contributed by atoms with E-state index >= 15 is 0 Å². The number of nitrogens with one attached hydrogen (secondary N) is 1. The van der Waals surface area contributed by atoms with Gasteiger partial charge in [0.2, 0.25) is 5.89 Å². The number of para-hydroxylation sites is 1. The lowest BCUT2D eigenvalue weighted by Crippen LogP contribution is -2.06. The van der Waals surface area contributed by atoms with Gasteiger partial charge in [-0.2, -0.15) is 4.98 Å². The first kappa shape index (κ1) is 12.6. The molecule has 2 aromatic rings. The second kappa shape index (κ2) is 4.77. The number of rotatable bonds is 4. The molecule has 1 aromatic heterocycles. The van der Waals surface area contributed by atoms with E-state index in [1.54, 1.807) is 31.2 Å². The molecular formula is C11H13N3O3S. The van der Waals surface area contributed by atoms with E-state index in [1.165, 1.54) is 6.26 Å². The normalized spacial score (nSPS) is 11.4. The first-order valence-corrected chi connectivity index (χ1v) is 7.18. The molecule has 18 heavy (non-hydrogen) atoms. The van der Waals surface area contributed by atoms with Crippen LogP contribution in [0.5, 0.6) is 0 Å². The highest BCUT2D eigenvalue weighted by Crippen LogP contribution is 2.20. The minimum Gasteiger partial charge on any atom is -0.375 e. The molecule has 0 radical (unpaired) electrons. The lowest BCUT2D eigenvalue weighted by atomic mass is 10.3. The molecule has 0 aliphatic heterocycles. The fourth-order valence-electron chi connectivity index (χ4n) is 1.52. The van der Waals surface area contributed by atoms with Crippen LogP contribution < -0.4 is 5.32 Å². The van der Waals surface area contributed by atoms with Crippen molar-refractivity contribution in [1.82, 2.24) is 10.1 Å².